The van der Waals surface area contributed by atoms with Crippen LogP contribution in [0, 0.1) is 0 Å². The van der Waals surface area contributed by atoms with Crippen LogP contribution in [-0.2, 0) is 16.7 Å². The van der Waals surface area contributed by atoms with Gasteiger partial charge in [0.15, 0.2) is 0 Å². The molecule has 0 aromatic carbocycles. The second kappa shape index (κ2) is 6.33. The van der Waals surface area contributed by atoms with Gasteiger partial charge in [0.25, 0.3) is 10.1 Å². The normalized spacial score (nSPS) is 10.1. The molecule has 0 saturated heterocycles. The third-order valence-corrected chi connectivity index (χ3v) is 1.24. The van der Waals surface area contributed by atoms with Crippen LogP contribution in [0.4, 0.5) is 0 Å². The highest BCUT2D eigenvalue weighted by Crippen LogP contribution is 2.04. The fourth-order valence-electron chi connectivity index (χ4n) is 0.652. The van der Waals surface area contributed by atoms with E-state index in [-0.39, 0.29) is 0 Å². The Labute approximate surface area is 88.8 Å². The number of hydrogen-bond acceptors (Lipinski definition) is 5. The van der Waals surface area contributed by atoms with Gasteiger partial charge in [0.2, 0.25) is 5.88 Å². The van der Waals surface area contributed by atoms with Crippen molar-refractivity contribution in [1.29, 1.82) is 0 Å². The molecule has 6 nitrogen and oxygen atoms in total. The molecule has 0 aliphatic rings. The van der Waals surface area contributed by atoms with Gasteiger partial charge in [0, 0.05) is 18.8 Å². The van der Waals surface area contributed by atoms with Gasteiger partial charge in [-0.1, -0.05) is 6.07 Å². The minimum Gasteiger partial charge on any atom is -0.481 e. The number of methoxy groups -OCH3 is 1. The third-order valence-electron chi connectivity index (χ3n) is 1.24. The summed E-state index contributed by atoms with van der Waals surface area (Å²) in [7, 11) is -2.08. The zero-order valence-corrected chi connectivity index (χ0v) is 9.36. The van der Waals surface area contributed by atoms with Crippen molar-refractivity contribution in [3.8, 4) is 5.88 Å². The number of hydrogen-bond donors (Lipinski definition) is 2. The number of rotatable bonds is 2. The Bertz CT molecular complexity index is 343. The summed E-state index contributed by atoms with van der Waals surface area (Å²) in [6.45, 7) is 0.525. The van der Waals surface area contributed by atoms with E-state index in [4.69, 9.17) is 15.0 Å². The maximum Gasteiger partial charge on any atom is 0.261 e. The molecule has 0 radical (unpaired) electrons. The van der Waals surface area contributed by atoms with Crippen LogP contribution in [-0.4, -0.2) is 31.3 Å². The van der Waals surface area contributed by atoms with Crippen molar-refractivity contribution >= 4 is 10.1 Å². The first kappa shape index (κ1) is 13.8. The molecule has 3 N–H and O–H groups in total. The Morgan fingerprint density at radius 1 is 1.53 bits per heavy atom. The van der Waals surface area contributed by atoms with E-state index in [0.29, 0.717) is 18.7 Å². The molecule has 1 heterocycles. The molecule has 7 heteroatoms. The van der Waals surface area contributed by atoms with Gasteiger partial charge in [-0.2, -0.15) is 8.42 Å². The van der Waals surface area contributed by atoms with E-state index in [2.05, 4.69) is 4.98 Å². The molecule has 0 spiro atoms. The smallest absolute Gasteiger partial charge is 0.261 e. The molecule has 0 bridgehead atoms. The Hall–Kier alpha value is -1.18. The summed E-state index contributed by atoms with van der Waals surface area (Å²) in [4.78, 5) is 3.97. The van der Waals surface area contributed by atoms with Crippen molar-refractivity contribution in [3.05, 3.63) is 23.9 Å². The molecule has 0 amide bonds. The molecule has 1 rings (SSSR count). The first-order chi connectivity index (χ1) is 6.86. The lowest BCUT2D eigenvalue weighted by Crippen LogP contribution is -1.97. The maximum atomic E-state index is 9.19. The lowest BCUT2D eigenvalue weighted by atomic mass is 10.3. The minimum absolute atomic E-state index is 0.525. The highest BCUT2D eigenvalue weighted by Gasteiger charge is 1.90. The molecular weight excluding hydrogens is 220 g/mol. The Morgan fingerprint density at radius 3 is 2.33 bits per heavy atom. The zero-order valence-electron chi connectivity index (χ0n) is 8.54. The van der Waals surface area contributed by atoms with Gasteiger partial charge in [-0.25, -0.2) is 4.98 Å². The van der Waals surface area contributed by atoms with E-state index in [1.54, 1.807) is 19.4 Å². The van der Waals surface area contributed by atoms with Crippen LogP contribution in [0.25, 0.3) is 0 Å². The van der Waals surface area contributed by atoms with Crippen LogP contribution in [0.5, 0.6) is 5.88 Å². The van der Waals surface area contributed by atoms with E-state index < -0.39 is 10.1 Å². The van der Waals surface area contributed by atoms with Crippen molar-refractivity contribution in [2.45, 2.75) is 6.54 Å². The Kier molecular flexibility index (Phi) is 5.83. The summed E-state index contributed by atoms with van der Waals surface area (Å²) in [6.07, 6.45) is 2.42. The van der Waals surface area contributed by atoms with Gasteiger partial charge < -0.3 is 10.5 Å². The molecule has 0 atom stereocenters. The fraction of sp³-hybridized carbons (Fsp3) is 0.375. The van der Waals surface area contributed by atoms with Crippen molar-refractivity contribution in [2.75, 3.05) is 13.4 Å². The molecule has 0 saturated carbocycles. The molecule has 0 aliphatic carbocycles. The van der Waals surface area contributed by atoms with Crippen LogP contribution < -0.4 is 10.5 Å². The van der Waals surface area contributed by atoms with Gasteiger partial charge in [0.1, 0.15) is 0 Å². The first-order valence-electron chi connectivity index (χ1n) is 3.98. The average molecular weight is 234 g/mol. The summed E-state index contributed by atoms with van der Waals surface area (Å²) < 4.78 is 30.7. The largest absolute Gasteiger partial charge is 0.481 e. The lowest BCUT2D eigenvalue weighted by molar-refractivity contribution is 0.397. The molecule has 1 aromatic rings. The highest BCUT2D eigenvalue weighted by molar-refractivity contribution is 7.85. The highest BCUT2D eigenvalue weighted by atomic mass is 32.2. The maximum absolute atomic E-state index is 9.19. The molecule has 86 valence electrons. The molecule has 1 aromatic heterocycles. The van der Waals surface area contributed by atoms with Crippen LogP contribution in [0.1, 0.15) is 5.56 Å². The summed E-state index contributed by atoms with van der Waals surface area (Å²) in [6, 6.07) is 3.69. The summed E-state index contributed by atoms with van der Waals surface area (Å²) in [5, 5.41) is 0. The van der Waals surface area contributed by atoms with Gasteiger partial charge in [-0.05, 0) is 5.56 Å². The van der Waals surface area contributed by atoms with E-state index in [0.717, 1.165) is 5.56 Å². The second-order valence-electron chi connectivity index (χ2n) is 2.65. The monoisotopic (exact) mass is 234 g/mol. The van der Waals surface area contributed by atoms with Crippen LogP contribution >= 0.6 is 0 Å². The van der Waals surface area contributed by atoms with E-state index in [1.807, 2.05) is 6.07 Å². The molecule has 15 heavy (non-hydrogen) atoms. The van der Waals surface area contributed by atoms with Crippen molar-refractivity contribution < 1.29 is 17.7 Å². The standard InChI is InChI=1S/C7H10N2O.CH4O3S/c1-10-7-3-2-6(4-8)5-9-7;1-5(2,3)4/h2-3,5H,4,8H2,1H3;1H3,(H,2,3,4). The van der Waals surface area contributed by atoms with Crippen molar-refractivity contribution in [2.24, 2.45) is 5.73 Å². The summed E-state index contributed by atoms with van der Waals surface area (Å²) >= 11 is 0. The minimum atomic E-state index is -3.67. The predicted octanol–water partition coefficient (Wildman–Crippen LogP) is 0.0529. The average Bonchev–Trinajstić information content (AvgIpc) is 2.15. The summed E-state index contributed by atoms with van der Waals surface area (Å²) in [5.74, 6) is 0.622. The van der Waals surface area contributed by atoms with Crippen LogP contribution in [0.15, 0.2) is 18.3 Å². The number of ether oxygens (including phenoxy) is 1. The van der Waals surface area contributed by atoms with Crippen molar-refractivity contribution in [3.63, 3.8) is 0 Å². The molecule has 0 aliphatic heterocycles. The van der Waals surface area contributed by atoms with Crippen LogP contribution in [0.2, 0.25) is 0 Å². The van der Waals surface area contributed by atoms with E-state index >= 15 is 0 Å². The second-order valence-corrected chi connectivity index (χ2v) is 4.11. The number of aromatic nitrogens is 1. The molecular formula is C8H14N2O4S. The summed E-state index contributed by atoms with van der Waals surface area (Å²) in [5.41, 5.74) is 6.38. The predicted molar refractivity (Wildman–Crippen MR) is 56.2 cm³/mol. The number of pyridine rings is 1. The Balaban J connectivity index is 0.000000336. The van der Waals surface area contributed by atoms with Gasteiger partial charge in [0.05, 0.1) is 13.4 Å². The quantitative estimate of drug-likeness (QED) is 0.701. The van der Waals surface area contributed by atoms with Gasteiger partial charge >= 0.3 is 0 Å². The fourth-order valence-corrected chi connectivity index (χ4v) is 0.652. The Morgan fingerprint density at radius 2 is 2.07 bits per heavy atom. The third kappa shape index (κ3) is 9.13. The lowest BCUT2D eigenvalue weighted by Gasteiger charge is -1.98. The number of nitrogens with zero attached hydrogens (tertiary/aromatic N) is 1. The topological polar surface area (TPSA) is 103 Å². The molecule has 0 fully saturated rings. The first-order valence-corrected chi connectivity index (χ1v) is 5.83. The number of nitrogens with two attached hydrogens (primary N) is 1. The SMILES string of the molecule is COc1ccc(CN)cn1.CS(=O)(=O)O. The van der Waals surface area contributed by atoms with Gasteiger partial charge in [-0.3, -0.25) is 4.55 Å². The van der Waals surface area contributed by atoms with Crippen LogP contribution in [0.3, 0.4) is 0 Å². The van der Waals surface area contributed by atoms with E-state index in [9.17, 15) is 8.42 Å². The van der Waals surface area contributed by atoms with Crippen molar-refractivity contribution in [1.82, 2.24) is 4.98 Å². The zero-order chi connectivity index (χ0) is 11.9. The molecule has 0 unspecified atom stereocenters. The van der Waals surface area contributed by atoms with Gasteiger partial charge in [-0.15, -0.1) is 0 Å². The van der Waals surface area contributed by atoms with E-state index in [1.165, 1.54) is 0 Å².